The van der Waals surface area contributed by atoms with Gasteiger partial charge in [-0.2, -0.15) is 0 Å². The van der Waals surface area contributed by atoms with E-state index in [9.17, 15) is 4.79 Å². The lowest BCUT2D eigenvalue weighted by atomic mass is 10.2. The van der Waals surface area contributed by atoms with Crippen molar-refractivity contribution in [1.82, 2.24) is 5.32 Å². The van der Waals surface area contributed by atoms with Gasteiger partial charge in [-0.15, -0.1) is 0 Å². The highest BCUT2D eigenvalue weighted by molar-refractivity contribution is 5.78. The molecule has 1 amide bonds. The zero-order chi connectivity index (χ0) is 9.26. The number of rotatable bonds is 0. The number of para-hydroxylation sites is 1. The first-order valence-electron chi connectivity index (χ1n) is 3.81. The van der Waals surface area contributed by atoms with E-state index in [-0.39, 0.29) is 5.82 Å². The molecule has 1 aromatic carbocycles. The molecule has 0 radical (unpaired) electrons. The van der Waals surface area contributed by atoms with Gasteiger partial charge < -0.3 is 10.5 Å². The van der Waals surface area contributed by atoms with Gasteiger partial charge in [0, 0.05) is 5.56 Å². The van der Waals surface area contributed by atoms with Crippen molar-refractivity contribution in [2.75, 3.05) is 0 Å². The van der Waals surface area contributed by atoms with Gasteiger partial charge in [0.15, 0.2) is 0 Å². The summed E-state index contributed by atoms with van der Waals surface area (Å²) in [7, 11) is 0. The standard InChI is InChI=1S/C9H8N2O2/c10-8-5-6-3-1-2-4-7(6)13-9(12)11-8/h1-5H,10H2,(H,11,12). The third-order valence-corrected chi connectivity index (χ3v) is 1.68. The van der Waals surface area contributed by atoms with E-state index >= 15 is 0 Å². The van der Waals surface area contributed by atoms with Crippen molar-refractivity contribution in [2.24, 2.45) is 5.73 Å². The molecule has 0 saturated heterocycles. The smallest absolute Gasteiger partial charge is 0.409 e. The first-order chi connectivity index (χ1) is 6.25. The van der Waals surface area contributed by atoms with E-state index < -0.39 is 6.09 Å². The largest absolute Gasteiger partial charge is 0.418 e. The summed E-state index contributed by atoms with van der Waals surface area (Å²) in [6.07, 6.45) is 1.10. The molecule has 2 rings (SSSR count). The lowest BCUT2D eigenvalue weighted by molar-refractivity contribution is 0.204. The fraction of sp³-hybridized carbons (Fsp3) is 0. The SMILES string of the molecule is NC1=Cc2ccccc2OC(=O)N1. The highest BCUT2D eigenvalue weighted by atomic mass is 16.6. The van der Waals surface area contributed by atoms with E-state index in [0.717, 1.165) is 5.56 Å². The number of fused-ring (bicyclic) bond motifs is 1. The lowest BCUT2D eigenvalue weighted by Gasteiger charge is -2.02. The van der Waals surface area contributed by atoms with E-state index in [1.807, 2.05) is 12.1 Å². The Morgan fingerprint density at radius 1 is 1.31 bits per heavy atom. The van der Waals surface area contributed by atoms with Gasteiger partial charge >= 0.3 is 6.09 Å². The topological polar surface area (TPSA) is 64.3 Å². The summed E-state index contributed by atoms with van der Waals surface area (Å²) < 4.78 is 4.95. The van der Waals surface area contributed by atoms with Crippen LogP contribution in [0.3, 0.4) is 0 Å². The molecule has 3 N–H and O–H groups in total. The highest BCUT2D eigenvalue weighted by Gasteiger charge is 2.12. The average Bonchev–Trinajstić information content (AvgIpc) is 2.20. The van der Waals surface area contributed by atoms with E-state index in [1.54, 1.807) is 18.2 Å². The summed E-state index contributed by atoms with van der Waals surface area (Å²) in [5.74, 6) is 0.801. The number of carbonyl (C=O) groups excluding carboxylic acids is 1. The van der Waals surface area contributed by atoms with Crippen LogP contribution in [0.25, 0.3) is 6.08 Å². The summed E-state index contributed by atoms with van der Waals surface area (Å²) >= 11 is 0. The molecular weight excluding hydrogens is 168 g/mol. The second kappa shape index (κ2) is 2.82. The van der Waals surface area contributed by atoms with Crippen LogP contribution < -0.4 is 15.8 Å². The van der Waals surface area contributed by atoms with Crippen LogP contribution in [0.4, 0.5) is 4.79 Å². The van der Waals surface area contributed by atoms with Crippen LogP contribution in [0, 0.1) is 0 Å². The molecule has 13 heavy (non-hydrogen) atoms. The van der Waals surface area contributed by atoms with E-state index in [1.165, 1.54) is 0 Å². The molecule has 66 valence electrons. The molecule has 4 heteroatoms. The van der Waals surface area contributed by atoms with Crippen LogP contribution >= 0.6 is 0 Å². The maximum atomic E-state index is 11.0. The van der Waals surface area contributed by atoms with Gasteiger partial charge in [0.25, 0.3) is 0 Å². The molecule has 0 unspecified atom stereocenters. The number of hydrogen-bond acceptors (Lipinski definition) is 3. The minimum absolute atomic E-state index is 0.287. The summed E-state index contributed by atoms with van der Waals surface area (Å²) in [5.41, 5.74) is 6.28. The second-order valence-electron chi connectivity index (χ2n) is 2.65. The Balaban J connectivity index is 2.51. The van der Waals surface area contributed by atoms with Gasteiger partial charge in [-0.25, -0.2) is 4.79 Å². The molecule has 4 nitrogen and oxygen atoms in total. The number of nitrogens with one attached hydrogen (secondary N) is 1. The molecule has 0 fully saturated rings. The molecule has 0 saturated carbocycles. The summed E-state index contributed by atoms with van der Waals surface area (Å²) in [6, 6.07) is 7.18. The number of ether oxygens (including phenoxy) is 1. The van der Waals surface area contributed by atoms with Gasteiger partial charge in [0.2, 0.25) is 0 Å². The van der Waals surface area contributed by atoms with E-state index in [2.05, 4.69) is 5.32 Å². The maximum Gasteiger partial charge on any atom is 0.418 e. The van der Waals surface area contributed by atoms with Crippen LogP contribution in [-0.2, 0) is 0 Å². The van der Waals surface area contributed by atoms with Gasteiger partial charge in [0.1, 0.15) is 11.6 Å². The first-order valence-corrected chi connectivity index (χ1v) is 3.81. The molecule has 0 bridgehead atoms. The Bertz CT molecular complexity index is 385. The minimum Gasteiger partial charge on any atom is -0.409 e. The molecule has 1 aliphatic rings. The molecule has 1 aliphatic heterocycles. The Hall–Kier alpha value is -1.97. The summed E-state index contributed by atoms with van der Waals surface area (Å²) in [6.45, 7) is 0. The van der Waals surface area contributed by atoms with Crippen molar-refractivity contribution in [3.05, 3.63) is 35.6 Å². The Kier molecular flexibility index (Phi) is 1.66. The summed E-state index contributed by atoms with van der Waals surface area (Å²) in [4.78, 5) is 11.0. The zero-order valence-corrected chi connectivity index (χ0v) is 6.78. The molecule has 0 aromatic heterocycles. The number of carbonyl (C=O) groups is 1. The molecule has 1 heterocycles. The zero-order valence-electron chi connectivity index (χ0n) is 6.78. The van der Waals surface area contributed by atoms with Gasteiger partial charge in [-0.05, 0) is 12.1 Å². The van der Waals surface area contributed by atoms with Crippen LogP contribution in [0.15, 0.2) is 30.1 Å². The molecular formula is C9H8N2O2. The Labute approximate surface area is 75.0 Å². The number of amides is 1. The monoisotopic (exact) mass is 176 g/mol. The van der Waals surface area contributed by atoms with Crippen molar-refractivity contribution >= 4 is 12.2 Å². The molecule has 0 spiro atoms. The van der Waals surface area contributed by atoms with Gasteiger partial charge in [-0.3, -0.25) is 5.32 Å². The molecule has 1 aromatic rings. The van der Waals surface area contributed by atoms with Crippen LogP contribution in [-0.4, -0.2) is 6.09 Å². The highest BCUT2D eigenvalue weighted by Crippen LogP contribution is 2.21. The summed E-state index contributed by atoms with van der Waals surface area (Å²) in [5, 5.41) is 2.37. The number of benzene rings is 1. The van der Waals surface area contributed by atoms with Crippen LogP contribution in [0.5, 0.6) is 5.75 Å². The average molecular weight is 176 g/mol. The third-order valence-electron chi connectivity index (χ3n) is 1.68. The van der Waals surface area contributed by atoms with Crippen molar-refractivity contribution in [3.63, 3.8) is 0 Å². The van der Waals surface area contributed by atoms with Crippen molar-refractivity contribution < 1.29 is 9.53 Å². The minimum atomic E-state index is -0.557. The van der Waals surface area contributed by atoms with Gasteiger partial charge in [0.05, 0.1) is 0 Å². The Morgan fingerprint density at radius 3 is 2.92 bits per heavy atom. The van der Waals surface area contributed by atoms with Crippen LogP contribution in [0.2, 0.25) is 0 Å². The lowest BCUT2D eigenvalue weighted by Crippen LogP contribution is -2.28. The fourth-order valence-corrected chi connectivity index (χ4v) is 1.14. The molecule has 0 aliphatic carbocycles. The Morgan fingerprint density at radius 2 is 2.08 bits per heavy atom. The second-order valence-corrected chi connectivity index (χ2v) is 2.65. The number of hydrogen-bond donors (Lipinski definition) is 2. The van der Waals surface area contributed by atoms with Crippen molar-refractivity contribution in [1.29, 1.82) is 0 Å². The number of nitrogens with two attached hydrogens (primary N) is 1. The van der Waals surface area contributed by atoms with Crippen LogP contribution in [0.1, 0.15) is 5.56 Å². The van der Waals surface area contributed by atoms with Gasteiger partial charge in [-0.1, -0.05) is 18.2 Å². The normalized spacial score (nSPS) is 14.8. The molecule has 0 atom stereocenters. The van der Waals surface area contributed by atoms with E-state index in [4.69, 9.17) is 10.5 Å². The van der Waals surface area contributed by atoms with Crippen molar-refractivity contribution in [3.8, 4) is 5.75 Å². The maximum absolute atomic E-state index is 11.0. The first kappa shape index (κ1) is 7.67. The van der Waals surface area contributed by atoms with E-state index in [0.29, 0.717) is 5.75 Å². The van der Waals surface area contributed by atoms with Crippen molar-refractivity contribution in [2.45, 2.75) is 0 Å². The predicted molar refractivity (Wildman–Crippen MR) is 47.8 cm³/mol. The third kappa shape index (κ3) is 1.46. The quantitative estimate of drug-likeness (QED) is 0.620. The fourth-order valence-electron chi connectivity index (χ4n) is 1.14. The predicted octanol–water partition coefficient (Wildman–Crippen LogP) is 1.05.